The van der Waals surface area contributed by atoms with E-state index in [1.807, 2.05) is 6.07 Å². The van der Waals surface area contributed by atoms with E-state index in [0.29, 0.717) is 5.92 Å². The van der Waals surface area contributed by atoms with Crippen LogP contribution in [0.4, 0.5) is 5.69 Å². The molecule has 2 rings (SSSR count). The summed E-state index contributed by atoms with van der Waals surface area (Å²) in [4.78, 5) is 0. The number of anilines is 1. The monoisotopic (exact) mass is 195 g/mol. The van der Waals surface area contributed by atoms with Crippen LogP contribution < -0.4 is 5.32 Å². The molecule has 1 aliphatic heterocycles. The molecule has 1 aromatic rings. The van der Waals surface area contributed by atoms with Gasteiger partial charge in [0.1, 0.15) is 0 Å². The van der Waals surface area contributed by atoms with Crippen LogP contribution in [0.15, 0.2) is 12.1 Å². The SMILES string of the molecule is Cc1ccc(Cl)c2c1NCC[C@@H]2C. The lowest BCUT2D eigenvalue weighted by atomic mass is 9.91. The molecule has 0 radical (unpaired) electrons. The first-order valence-electron chi connectivity index (χ1n) is 4.73. The summed E-state index contributed by atoms with van der Waals surface area (Å²) in [6.07, 6.45) is 1.18. The number of hydrogen-bond donors (Lipinski definition) is 1. The molecule has 0 saturated heterocycles. The molecular weight excluding hydrogens is 182 g/mol. The van der Waals surface area contributed by atoms with Gasteiger partial charge in [-0.1, -0.05) is 24.6 Å². The van der Waals surface area contributed by atoms with Crippen molar-refractivity contribution in [1.82, 2.24) is 0 Å². The molecule has 0 unspecified atom stereocenters. The van der Waals surface area contributed by atoms with Gasteiger partial charge in [0.05, 0.1) is 0 Å². The fourth-order valence-electron chi connectivity index (χ4n) is 1.98. The van der Waals surface area contributed by atoms with Crippen LogP contribution in [0.5, 0.6) is 0 Å². The maximum Gasteiger partial charge on any atom is 0.0461 e. The minimum atomic E-state index is 0.587. The highest BCUT2D eigenvalue weighted by Crippen LogP contribution is 2.38. The summed E-state index contributed by atoms with van der Waals surface area (Å²) in [5.41, 5.74) is 3.85. The summed E-state index contributed by atoms with van der Waals surface area (Å²) in [5.74, 6) is 0.587. The molecule has 0 spiro atoms. The largest absolute Gasteiger partial charge is 0.385 e. The van der Waals surface area contributed by atoms with E-state index < -0.39 is 0 Å². The van der Waals surface area contributed by atoms with E-state index in [4.69, 9.17) is 11.6 Å². The molecule has 1 aromatic carbocycles. The third kappa shape index (κ3) is 1.42. The summed E-state index contributed by atoms with van der Waals surface area (Å²) in [5, 5.41) is 4.32. The molecule has 1 heterocycles. The van der Waals surface area contributed by atoms with Gasteiger partial charge in [0.2, 0.25) is 0 Å². The summed E-state index contributed by atoms with van der Waals surface area (Å²) < 4.78 is 0. The Labute approximate surface area is 84.1 Å². The van der Waals surface area contributed by atoms with Crippen molar-refractivity contribution in [3.63, 3.8) is 0 Å². The molecule has 0 bridgehead atoms. The molecule has 0 fully saturated rings. The summed E-state index contributed by atoms with van der Waals surface area (Å²) >= 11 is 6.17. The third-order valence-electron chi connectivity index (χ3n) is 2.77. The predicted molar refractivity (Wildman–Crippen MR) is 57.7 cm³/mol. The van der Waals surface area contributed by atoms with Crippen LogP contribution in [0.3, 0.4) is 0 Å². The maximum atomic E-state index is 6.17. The van der Waals surface area contributed by atoms with Crippen LogP contribution in [0, 0.1) is 6.92 Å². The molecule has 13 heavy (non-hydrogen) atoms. The minimum Gasteiger partial charge on any atom is -0.385 e. The van der Waals surface area contributed by atoms with E-state index in [2.05, 4.69) is 25.2 Å². The molecule has 1 nitrogen and oxygen atoms in total. The molecule has 0 saturated carbocycles. The third-order valence-corrected chi connectivity index (χ3v) is 3.10. The lowest BCUT2D eigenvalue weighted by Gasteiger charge is -2.26. The Balaban J connectivity index is 2.60. The number of fused-ring (bicyclic) bond motifs is 1. The van der Waals surface area contributed by atoms with Gasteiger partial charge in [-0.05, 0) is 36.5 Å². The Morgan fingerprint density at radius 3 is 2.92 bits per heavy atom. The van der Waals surface area contributed by atoms with Gasteiger partial charge in [0.15, 0.2) is 0 Å². The van der Waals surface area contributed by atoms with Crippen LogP contribution in [-0.2, 0) is 0 Å². The van der Waals surface area contributed by atoms with Gasteiger partial charge in [0.25, 0.3) is 0 Å². The van der Waals surface area contributed by atoms with Crippen molar-refractivity contribution in [3.8, 4) is 0 Å². The second-order valence-corrected chi connectivity index (χ2v) is 4.18. The highest BCUT2D eigenvalue weighted by atomic mass is 35.5. The zero-order valence-corrected chi connectivity index (χ0v) is 8.78. The quantitative estimate of drug-likeness (QED) is 0.668. The zero-order valence-electron chi connectivity index (χ0n) is 8.02. The lowest BCUT2D eigenvalue weighted by Crippen LogP contribution is -2.16. The average Bonchev–Trinajstić information content (AvgIpc) is 2.12. The smallest absolute Gasteiger partial charge is 0.0461 e. The van der Waals surface area contributed by atoms with Crippen molar-refractivity contribution in [3.05, 3.63) is 28.3 Å². The first-order valence-corrected chi connectivity index (χ1v) is 5.11. The van der Waals surface area contributed by atoms with Crippen molar-refractivity contribution >= 4 is 17.3 Å². The van der Waals surface area contributed by atoms with Crippen LogP contribution in [0.1, 0.15) is 30.4 Å². The first kappa shape index (κ1) is 8.89. The maximum absolute atomic E-state index is 6.17. The molecule has 0 amide bonds. The Hall–Kier alpha value is -0.690. The van der Waals surface area contributed by atoms with Crippen molar-refractivity contribution in [2.24, 2.45) is 0 Å². The first-order chi connectivity index (χ1) is 6.20. The van der Waals surface area contributed by atoms with Crippen LogP contribution in [-0.4, -0.2) is 6.54 Å². The fourth-order valence-corrected chi connectivity index (χ4v) is 2.32. The molecule has 70 valence electrons. The second kappa shape index (κ2) is 3.22. The second-order valence-electron chi connectivity index (χ2n) is 3.77. The number of rotatable bonds is 0. The molecular formula is C11H14ClN. The number of nitrogens with one attached hydrogen (secondary N) is 1. The van der Waals surface area contributed by atoms with E-state index in [1.54, 1.807) is 0 Å². The molecule has 0 aromatic heterocycles. The minimum absolute atomic E-state index is 0.587. The van der Waals surface area contributed by atoms with Gasteiger partial charge >= 0.3 is 0 Å². The molecule has 1 N–H and O–H groups in total. The Morgan fingerprint density at radius 2 is 2.23 bits per heavy atom. The number of hydrogen-bond acceptors (Lipinski definition) is 1. The fraction of sp³-hybridized carbons (Fsp3) is 0.455. The van der Waals surface area contributed by atoms with Gasteiger partial charge in [-0.25, -0.2) is 0 Å². The van der Waals surface area contributed by atoms with Crippen molar-refractivity contribution in [1.29, 1.82) is 0 Å². The van der Waals surface area contributed by atoms with Crippen molar-refractivity contribution in [2.45, 2.75) is 26.2 Å². The summed E-state index contributed by atoms with van der Waals surface area (Å²) in [7, 11) is 0. The molecule has 2 heteroatoms. The van der Waals surface area contributed by atoms with E-state index in [9.17, 15) is 0 Å². The number of benzene rings is 1. The highest BCUT2D eigenvalue weighted by molar-refractivity contribution is 6.31. The molecule has 1 atom stereocenters. The van der Waals surface area contributed by atoms with Gasteiger partial charge in [-0.2, -0.15) is 0 Å². The zero-order chi connectivity index (χ0) is 9.42. The Morgan fingerprint density at radius 1 is 1.46 bits per heavy atom. The molecule has 1 aliphatic rings. The summed E-state index contributed by atoms with van der Waals surface area (Å²) in [6, 6.07) is 4.07. The highest BCUT2D eigenvalue weighted by Gasteiger charge is 2.19. The normalized spacial score (nSPS) is 20.7. The Bertz CT molecular complexity index is 333. The van der Waals surface area contributed by atoms with Crippen molar-refractivity contribution in [2.75, 3.05) is 11.9 Å². The topological polar surface area (TPSA) is 12.0 Å². The standard InChI is InChI=1S/C11H14ClN/c1-7-5-6-13-11-8(2)3-4-9(12)10(7)11/h3-4,7,13H,5-6H2,1-2H3/t7-/m0/s1. The predicted octanol–water partition coefficient (Wildman–Crippen LogP) is 3.57. The van der Waals surface area contributed by atoms with E-state index >= 15 is 0 Å². The van der Waals surface area contributed by atoms with E-state index in [0.717, 1.165) is 11.6 Å². The summed E-state index contributed by atoms with van der Waals surface area (Å²) in [6.45, 7) is 5.43. The van der Waals surface area contributed by atoms with Gasteiger partial charge in [-0.3, -0.25) is 0 Å². The van der Waals surface area contributed by atoms with Crippen molar-refractivity contribution < 1.29 is 0 Å². The average molecular weight is 196 g/mol. The van der Waals surface area contributed by atoms with Crippen LogP contribution >= 0.6 is 11.6 Å². The van der Waals surface area contributed by atoms with Gasteiger partial charge < -0.3 is 5.32 Å². The lowest BCUT2D eigenvalue weighted by molar-refractivity contribution is 0.682. The van der Waals surface area contributed by atoms with Crippen LogP contribution in [0.2, 0.25) is 5.02 Å². The molecule has 0 aliphatic carbocycles. The number of aryl methyl sites for hydroxylation is 1. The van der Waals surface area contributed by atoms with E-state index in [1.165, 1.54) is 23.2 Å². The Kier molecular flexibility index (Phi) is 2.20. The van der Waals surface area contributed by atoms with E-state index in [-0.39, 0.29) is 0 Å². The van der Waals surface area contributed by atoms with Gasteiger partial charge in [0, 0.05) is 17.3 Å². The van der Waals surface area contributed by atoms with Gasteiger partial charge in [-0.15, -0.1) is 0 Å². The number of halogens is 1. The van der Waals surface area contributed by atoms with Crippen LogP contribution in [0.25, 0.3) is 0 Å².